The monoisotopic (exact) mass is 277 g/mol. The van der Waals surface area contributed by atoms with E-state index >= 15 is 0 Å². The van der Waals surface area contributed by atoms with Crippen molar-refractivity contribution in [3.8, 4) is 0 Å². The average Bonchev–Trinajstić information content (AvgIpc) is 3.28. The molecule has 1 aliphatic carbocycles. The van der Waals surface area contributed by atoms with Gasteiger partial charge in [0.25, 0.3) is 0 Å². The minimum absolute atomic E-state index is 0.803. The van der Waals surface area contributed by atoms with Gasteiger partial charge in [0.05, 0.1) is 6.61 Å². The molecule has 1 aromatic rings. The fourth-order valence-electron chi connectivity index (χ4n) is 2.18. The van der Waals surface area contributed by atoms with Crippen LogP contribution in [0.1, 0.15) is 31.7 Å². The summed E-state index contributed by atoms with van der Waals surface area (Å²) < 4.78 is 5.72. The predicted molar refractivity (Wildman–Crippen MR) is 83.0 cm³/mol. The molecule has 1 N–H and O–H groups in total. The highest BCUT2D eigenvalue weighted by atomic mass is 16.5. The average molecular weight is 277 g/mol. The molecule has 0 bridgehead atoms. The number of ether oxygens (including phenoxy) is 1. The number of pyridine rings is 1. The van der Waals surface area contributed by atoms with E-state index in [0.717, 1.165) is 45.2 Å². The Bertz CT molecular complexity index is 393. The number of likely N-dealkylation sites (N-methyl/N-ethyl adjacent to an activating group) is 1. The highest BCUT2D eigenvalue weighted by Gasteiger charge is 2.21. The van der Waals surface area contributed by atoms with Crippen LogP contribution in [0.25, 0.3) is 0 Å². The van der Waals surface area contributed by atoms with E-state index in [1.54, 1.807) is 0 Å². The molecule has 0 aromatic carbocycles. The number of aromatic nitrogens is 1. The molecule has 1 heterocycles. The molecule has 1 aromatic heterocycles. The van der Waals surface area contributed by atoms with Gasteiger partial charge >= 0.3 is 0 Å². The third-order valence-corrected chi connectivity index (χ3v) is 3.65. The van der Waals surface area contributed by atoms with Gasteiger partial charge in [-0.25, -0.2) is 0 Å². The number of nitrogens with zero attached hydrogens (tertiary/aromatic N) is 2. The molecular weight excluding hydrogens is 250 g/mol. The summed E-state index contributed by atoms with van der Waals surface area (Å²) in [6, 6.07) is 2.09. The van der Waals surface area contributed by atoms with Crippen molar-refractivity contribution in [3.05, 3.63) is 24.0 Å². The molecule has 0 aliphatic heterocycles. The summed E-state index contributed by atoms with van der Waals surface area (Å²) in [7, 11) is 2.12. The Balaban J connectivity index is 1.78. The van der Waals surface area contributed by atoms with Crippen molar-refractivity contribution >= 4 is 5.69 Å². The van der Waals surface area contributed by atoms with Crippen LogP contribution < -0.4 is 10.2 Å². The lowest BCUT2D eigenvalue weighted by Gasteiger charge is -2.22. The van der Waals surface area contributed by atoms with Crippen molar-refractivity contribution in [2.24, 2.45) is 5.92 Å². The van der Waals surface area contributed by atoms with Gasteiger partial charge in [0.15, 0.2) is 0 Å². The second-order valence-electron chi connectivity index (χ2n) is 5.62. The van der Waals surface area contributed by atoms with Crippen LogP contribution in [0.15, 0.2) is 18.5 Å². The molecule has 4 nitrogen and oxygen atoms in total. The highest BCUT2D eigenvalue weighted by molar-refractivity contribution is 5.51. The summed E-state index contributed by atoms with van der Waals surface area (Å²) in [4.78, 5) is 6.50. The largest absolute Gasteiger partial charge is 0.379 e. The van der Waals surface area contributed by atoms with Crippen molar-refractivity contribution in [2.75, 3.05) is 38.3 Å². The van der Waals surface area contributed by atoms with Gasteiger partial charge in [-0.2, -0.15) is 0 Å². The minimum Gasteiger partial charge on any atom is -0.379 e. The Kier molecular flexibility index (Phi) is 6.27. The van der Waals surface area contributed by atoms with Crippen molar-refractivity contribution in [1.29, 1.82) is 0 Å². The lowest BCUT2D eigenvalue weighted by Crippen LogP contribution is -2.25. The Morgan fingerprint density at radius 2 is 2.30 bits per heavy atom. The van der Waals surface area contributed by atoms with Crippen LogP contribution >= 0.6 is 0 Å². The summed E-state index contributed by atoms with van der Waals surface area (Å²) in [6.07, 6.45) is 7.68. The van der Waals surface area contributed by atoms with Crippen LogP contribution in [0, 0.1) is 5.92 Å². The standard InChI is InChI=1S/C16H27N3O/c1-3-7-17-11-15-12-18-8-6-16(15)19(2)9-10-20-13-14-4-5-14/h6,8,12,14,17H,3-5,7,9-11,13H2,1-2H3. The maximum absolute atomic E-state index is 5.72. The fraction of sp³-hybridized carbons (Fsp3) is 0.688. The molecular formula is C16H27N3O. The Hall–Kier alpha value is -1.13. The molecule has 0 saturated heterocycles. The second kappa shape index (κ2) is 8.22. The maximum Gasteiger partial charge on any atom is 0.0641 e. The van der Waals surface area contributed by atoms with Crippen molar-refractivity contribution < 1.29 is 4.74 Å². The third kappa shape index (κ3) is 5.10. The van der Waals surface area contributed by atoms with E-state index in [1.165, 1.54) is 24.1 Å². The van der Waals surface area contributed by atoms with Crippen LogP contribution in [0.3, 0.4) is 0 Å². The fourth-order valence-corrected chi connectivity index (χ4v) is 2.18. The van der Waals surface area contributed by atoms with Gasteiger partial charge in [0.2, 0.25) is 0 Å². The number of hydrogen-bond acceptors (Lipinski definition) is 4. The summed E-state index contributed by atoms with van der Waals surface area (Å²) in [6.45, 7) is 6.77. The Morgan fingerprint density at radius 1 is 1.45 bits per heavy atom. The van der Waals surface area contributed by atoms with Crippen molar-refractivity contribution in [1.82, 2.24) is 10.3 Å². The first kappa shape index (κ1) is 15.3. The first-order valence-corrected chi connectivity index (χ1v) is 7.73. The zero-order chi connectivity index (χ0) is 14.2. The summed E-state index contributed by atoms with van der Waals surface area (Å²) >= 11 is 0. The zero-order valence-corrected chi connectivity index (χ0v) is 12.8. The van der Waals surface area contributed by atoms with Crippen molar-refractivity contribution in [2.45, 2.75) is 32.7 Å². The van der Waals surface area contributed by atoms with Gasteiger partial charge in [-0.15, -0.1) is 0 Å². The number of anilines is 1. The van der Waals surface area contributed by atoms with Crippen LogP contribution in [0.2, 0.25) is 0 Å². The number of rotatable bonds is 10. The number of hydrogen-bond donors (Lipinski definition) is 1. The summed E-state index contributed by atoms with van der Waals surface area (Å²) in [5, 5.41) is 3.44. The van der Waals surface area contributed by atoms with Crippen LogP contribution in [-0.4, -0.2) is 38.3 Å². The van der Waals surface area contributed by atoms with E-state index in [2.05, 4.69) is 35.2 Å². The van der Waals surface area contributed by atoms with E-state index in [0.29, 0.717) is 0 Å². The topological polar surface area (TPSA) is 37.4 Å². The van der Waals surface area contributed by atoms with Gasteiger partial charge in [-0.05, 0) is 37.8 Å². The normalized spacial score (nSPS) is 14.5. The SMILES string of the molecule is CCCNCc1cnccc1N(C)CCOCC1CC1. The molecule has 0 unspecified atom stereocenters. The molecule has 1 aliphatic rings. The van der Waals surface area contributed by atoms with Gasteiger partial charge in [0, 0.05) is 50.4 Å². The first-order chi connectivity index (χ1) is 9.81. The molecule has 112 valence electrons. The minimum atomic E-state index is 0.803. The first-order valence-electron chi connectivity index (χ1n) is 7.73. The highest BCUT2D eigenvalue weighted by Crippen LogP contribution is 2.28. The van der Waals surface area contributed by atoms with E-state index in [1.807, 2.05) is 12.4 Å². The lowest BCUT2D eigenvalue weighted by atomic mass is 10.2. The van der Waals surface area contributed by atoms with Crippen LogP contribution in [0.4, 0.5) is 5.69 Å². The molecule has 20 heavy (non-hydrogen) atoms. The quantitative estimate of drug-likeness (QED) is 0.667. The Labute approximate surface area is 122 Å². The molecule has 1 saturated carbocycles. The smallest absolute Gasteiger partial charge is 0.0641 e. The molecule has 0 atom stereocenters. The molecule has 1 fully saturated rings. The van der Waals surface area contributed by atoms with Gasteiger partial charge in [0.1, 0.15) is 0 Å². The second-order valence-corrected chi connectivity index (χ2v) is 5.62. The molecule has 4 heteroatoms. The zero-order valence-electron chi connectivity index (χ0n) is 12.8. The summed E-state index contributed by atoms with van der Waals surface area (Å²) in [5.74, 6) is 0.843. The molecule has 0 spiro atoms. The van der Waals surface area contributed by atoms with E-state index in [4.69, 9.17) is 4.74 Å². The Morgan fingerprint density at radius 3 is 3.05 bits per heavy atom. The lowest BCUT2D eigenvalue weighted by molar-refractivity contribution is 0.131. The number of nitrogens with one attached hydrogen (secondary N) is 1. The van der Waals surface area contributed by atoms with Gasteiger partial charge in [-0.1, -0.05) is 6.92 Å². The third-order valence-electron chi connectivity index (χ3n) is 3.65. The predicted octanol–water partition coefficient (Wildman–Crippen LogP) is 2.44. The van der Waals surface area contributed by atoms with Crippen molar-refractivity contribution in [3.63, 3.8) is 0 Å². The molecule has 0 radical (unpaired) electrons. The van der Waals surface area contributed by atoms with Gasteiger partial charge < -0.3 is 15.0 Å². The molecule has 0 amide bonds. The van der Waals surface area contributed by atoms with E-state index in [-0.39, 0.29) is 0 Å². The molecule has 2 rings (SSSR count). The van der Waals surface area contributed by atoms with Crippen LogP contribution in [0.5, 0.6) is 0 Å². The van der Waals surface area contributed by atoms with Gasteiger partial charge in [-0.3, -0.25) is 4.98 Å². The van der Waals surface area contributed by atoms with E-state index in [9.17, 15) is 0 Å². The van der Waals surface area contributed by atoms with E-state index < -0.39 is 0 Å². The maximum atomic E-state index is 5.72. The van der Waals surface area contributed by atoms with Crippen LogP contribution in [-0.2, 0) is 11.3 Å². The summed E-state index contributed by atoms with van der Waals surface area (Å²) in [5.41, 5.74) is 2.50.